The van der Waals surface area contributed by atoms with Crippen LogP contribution in [-0.2, 0) is 4.74 Å². The largest absolute Gasteiger partial charge is 0.374 e. The molecule has 1 aliphatic heterocycles. The summed E-state index contributed by atoms with van der Waals surface area (Å²) in [6, 6.07) is 7.69. The lowest BCUT2D eigenvalue weighted by molar-refractivity contribution is -0.0174. The Hall–Kier alpha value is -1.85. The summed E-state index contributed by atoms with van der Waals surface area (Å²) in [6.45, 7) is 3.07. The van der Waals surface area contributed by atoms with E-state index in [0.717, 1.165) is 30.6 Å². The average molecular weight is 273 g/mol. The Morgan fingerprint density at radius 1 is 1.50 bits per heavy atom. The second-order valence-electron chi connectivity index (χ2n) is 5.21. The number of aromatic nitrogens is 1. The summed E-state index contributed by atoms with van der Waals surface area (Å²) in [5.41, 5.74) is 1.56. The van der Waals surface area contributed by atoms with E-state index in [4.69, 9.17) is 4.74 Å². The van der Waals surface area contributed by atoms with E-state index in [1.54, 1.807) is 0 Å². The summed E-state index contributed by atoms with van der Waals surface area (Å²) in [5.74, 6) is -0.0603. The number of fused-ring (bicyclic) bond motifs is 1. The minimum absolute atomic E-state index is 0.0603. The van der Waals surface area contributed by atoms with Crippen molar-refractivity contribution in [3.63, 3.8) is 0 Å². The number of rotatable bonds is 3. The van der Waals surface area contributed by atoms with Gasteiger partial charge >= 0.3 is 0 Å². The molecule has 1 aliphatic rings. The van der Waals surface area contributed by atoms with Crippen molar-refractivity contribution in [1.82, 2.24) is 15.2 Å². The number of nitrogens with one attached hydrogen (secondary N) is 2. The lowest BCUT2D eigenvalue weighted by Gasteiger charge is -2.30. The molecular formula is C15H19N3O2. The molecule has 1 fully saturated rings. The van der Waals surface area contributed by atoms with Crippen LogP contribution in [0.3, 0.4) is 0 Å². The first-order valence-corrected chi connectivity index (χ1v) is 6.88. The van der Waals surface area contributed by atoms with E-state index in [0.29, 0.717) is 12.1 Å². The van der Waals surface area contributed by atoms with E-state index in [2.05, 4.69) is 22.2 Å². The van der Waals surface area contributed by atoms with Crippen molar-refractivity contribution in [2.45, 2.75) is 6.10 Å². The zero-order chi connectivity index (χ0) is 13.9. The van der Waals surface area contributed by atoms with Crippen molar-refractivity contribution >= 4 is 16.8 Å². The first-order chi connectivity index (χ1) is 9.74. The highest BCUT2D eigenvalue weighted by atomic mass is 16.5. The van der Waals surface area contributed by atoms with E-state index in [-0.39, 0.29) is 12.0 Å². The van der Waals surface area contributed by atoms with E-state index in [9.17, 15) is 4.79 Å². The van der Waals surface area contributed by atoms with Crippen molar-refractivity contribution in [1.29, 1.82) is 0 Å². The van der Waals surface area contributed by atoms with Gasteiger partial charge in [-0.1, -0.05) is 12.1 Å². The van der Waals surface area contributed by atoms with Gasteiger partial charge in [0.1, 0.15) is 0 Å². The maximum Gasteiger partial charge on any atom is 0.253 e. The SMILES string of the molecule is CN1CCOC(CNC(=O)c2cccc3cc[nH]c23)C1. The average Bonchev–Trinajstić information content (AvgIpc) is 2.93. The molecule has 0 radical (unpaired) electrons. The number of nitrogens with zero attached hydrogens (tertiary/aromatic N) is 1. The number of hydrogen-bond donors (Lipinski definition) is 2. The van der Waals surface area contributed by atoms with E-state index >= 15 is 0 Å². The number of likely N-dealkylation sites (N-methyl/N-ethyl adjacent to an activating group) is 1. The topological polar surface area (TPSA) is 57.4 Å². The van der Waals surface area contributed by atoms with Crippen molar-refractivity contribution in [3.8, 4) is 0 Å². The molecule has 2 N–H and O–H groups in total. The Kier molecular flexibility index (Phi) is 3.71. The third-order valence-electron chi connectivity index (χ3n) is 3.66. The maximum atomic E-state index is 12.3. The first-order valence-electron chi connectivity index (χ1n) is 6.88. The van der Waals surface area contributed by atoms with Gasteiger partial charge in [0, 0.05) is 31.2 Å². The highest BCUT2D eigenvalue weighted by molar-refractivity contribution is 6.05. The van der Waals surface area contributed by atoms with Crippen LogP contribution in [0.5, 0.6) is 0 Å². The van der Waals surface area contributed by atoms with Crippen molar-refractivity contribution < 1.29 is 9.53 Å². The lowest BCUT2D eigenvalue weighted by atomic mass is 10.1. The molecule has 5 nitrogen and oxygen atoms in total. The Balaban J connectivity index is 1.66. The number of aromatic amines is 1. The summed E-state index contributed by atoms with van der Waals surface area (Å²) >= 11 is 0. The van der Waals surface area contributed by atoms with Crippen molar-refractivity contribution in [3.05, 3.63) is 36.0 Å². The maximum absolute atomic E-state index is 12.3. The minimum atomic E-state index is -0.0603. The van der Waals surface area contributed by atoms with Gasteiger partial charge in [-0.2, -0.15) is 0 Å². The van der Waals surface area contributed by atoms with Crippen LogP contribution in [0, 0.1) is 0 Å². The Bertz CT molecular complexity index is 608. The predicted octanol–water partition coefficient (Wildman–Crippen LogP) is 1.23. The van der Waals surface area contributed by atoms with Crippen LogP contribution in [0.2, 0.25) is 0 Å². The Morgan fingerprint density at radius 2 is 2.40 bits per heavy atom. The van der Waals surface area contributed by atoms with Crippen LogP contribution in [0.4, 0.5) is 0 Å². The van der Waals surface area contributed by atoms with Crippen LogP contribution in [0.15, 0.2) is 30.5 Å². The van der Waals surface area contributed by atoms with Crippen LogP contribution in [-0.4, -0.2) is 55.2 Å². The molecule has 0 spiro atoms. The van der Waals surface area contributed by atoms with Gasteiger partial charge in [0.15, 0.2) is 0 Å². The molecule has 1 amide bonds. The van der Waals surface area contributed by atoms with Crippen molar-refractivity contribution in [2.75, 3.05) is 33.3 Å². The van der Waals surface area contributed by atoms with Gasteiger partial charge in [0.25, 0.3) is 5.91 Å². The molecule has 0 bridgehead atoms. The number of morpholine rings is 1. The molecule has 2 heterocycles. The van der Waals surface area contributed by atoms with Gasteiger partial charge in [-0.05, 0) is 19.2 Å². The third-order valence-corrected chi connectivity index (χ3v) is 3.66. The zero-order valence-electron chi connectivity index (χ0n) is 11.6. The van der Waals surface area contributed by atoms with Gasteiger partial charge in [-0.25, -0.2) is 0 Å². The zero-order valence-corrected chi connectivity index (χ0v) is 11.6. The monoisotopic (exact) mass is 273 g/mol. The number of amides is 1. The van der Waals surface area contributed by atoms with E-state index < -0.39 is 0 Å². The minimum Gasteiger partial charge on any atom is -0.374 e. The number of hydrogen-bond acceptors (Lipinski definition) is 3. The molecule has 20 heavy (non-hydrogen) atoms. The second-order valence-corrected chi connectivity index (χ2v) is 5.21. The summed E-state index contributed by atoms with van der Waals surface area (Å²) < 4.78 is 5.64. The van der Waals surface area contributed by atoms with Gasteiger partial charge < -0.3 is 19.9 Å². The standard InChI is InChI=1S/C15H19N3O2/c1-18-7-8-20-12(10-18)9-17-15(19)13-4-2-3-11-5-6-16-14(11)13/h2-6,12,16H,7-10H2,1H3,(H,17,19). The normalized spacial score (nSPS) is 20.1. The van der Waals surface area contributed by atoms with Gasteiger partial charge in [-0.3, -0.25) is 4.79 Å². The number of ether oxygens (including phenoxy) is 1. The number of benzene rings is 1. The first kappa shape index (κ1) is 13.1. The fourth-order valence-electron chi connectivity index (χ4n) is 2.57. The molecular weight excluding hydrogens is 254 g/mol. The van der Waals surface area contributed by atoms with Crippen LogP contribution in [0.25, 0.3) is 10.9 Å². The lowest BCUT2D eigenvalue weighted by Crippen LogP contribution is -2.45. The second kappa shape index (κ2) is 5.64. The molecule has 1 atom stereocenters. The third kappa shape index (κ3) is 2.69. The molecule has 1 unspecified atom stereocenters. The summed E-state index contributed by atoms with van der Waals surface area (Å²) in [4.78, 5) is 17.6. The van der Waals surface area contributed by atoms with Gasteiger partial charge in [0.2, 0.25) is 0 Å². The molecule has 3 rings (SSSR count). The molecule has 1 aromatic heterocycles. The predicted molar refractivity (Wildman–Crippen MR) is 77.9 cm³/mol. The summed E-state index contributed by atoms with van der Waals surface area (Å²) in [7, 11) is 2.07. The highest BCUT2D eigenvalue weighted by Crippen LogP contribution is 2.16. The smallest absolute Gasteiger partial charge is 0.253 e. The van der Waals surface area contributed by atoms with E-state index in [1.807, 2.05) is 30.5 Å². The van der Waals surface area contributed by atoms with E-state index in [1.165, 1.54) is 0 Å². The number of carbonyl (C=O) groups excluding carboxylic acids is 1. The summed E-state index contributed by atoms with van der Waals surface area (Å²) in [5, 5.41) is 4.01. The number of H-pyrrole nitrogens is 1. The van der Waals surface area contributed by atoms with Gasteiger partial charge in [-0.15, -0.1) is 0 Å². The van der Waals surface area contributed by atoms with Gasteiger partial charge in [0.05, 0.1) is 23.8 Å². The molecule has 106 valence electrons. The fourth-order valence-corrected chi connectivity index (χ4v) is 2.57. The summed E-state index contributed by atoms with van der Waals surface area (Å²) in [6.07, 6.45) is 1.92. The highest BCUT2D eigenvalue weighted by Gasteiger charge is 2.19. The molecule has 2 aromatic rings. The molecule has 0 aliphatic carbocycles. The molecule has 1 saturated heterocycles. The van der Waals surface area contributed by atoms with Crippen molar-refractivity contribution in [2.24, 2.45) is 0 Å². The molecule has 0 saturated carbocycles. The Labute approximate surface area is 117 Å². The molecule has 5 heteroatoms. The van der Waals surface area contributed by atoms with Crippen LogP contribution >= 0.6 is 0 Å². The fraction of sp³-hybridized carbons (Fsp3) is 0.400. The molecule has 1 aromatic carbocycles. The quantitative estimate of drug-likeness (QED) is 0.884. The number of para-hydroxylation sites is 1. The number of carbonyl (C=O) groups is 1. The van der Waals surface area contributed by atoms with Crippen LogP contribution < -0.4 is 5.32 Å². The Morgan fingerprint density at radius 3 is 3.25 bits per heavy atom. The van der Waals surface area contributed by atoms with Crippen LogP contribution in [0.1, 0.15) is 10.4 Å².